The molecule has 0 radical (unpaired) electrons. The maximum Gasteiger partial charge on any atom is 0.323 e. The Bertz CT molecular complexity index is 436. The van der Waals surface area contributed by atoms with Crippen molar-refractivity contribution in [2.75, 3.05) is 19.0 Å². The van der Waals surface area contributed by atoms with Crippen molar-refractivity contribution in [2.45, 2.75) is 0 Å². The summed E-state index contributed by atoms with van der Waals surface area (Å²) >= 11 is 5.76. The minimum Gasteiger partial charge on any atom is -0.495 e. The molecule has 92 valence electrons. The Morgan fingerprint density at radius 1 is 1.47 bits per heavy atom. The SMILES string of the molecule is COc1ccc(Cl)cc1NC(=O)NCC(=O)O. The monoisotopic (exact) mass is 258 g/mol. The van der Waals surface area contributed by atoms with Gasteiger partial charge in [-0.1, -0.05) is 11.6 Å². The number of carboxylic acid groups (broad SMARTS) is 1. The van der Waals surface area contributed by atoms with E-state index < -0.39 is 18.5 Å². The number of aliphatic carboxylic acids is 1. The number of anilines is 1. The predicted octanol–water partition coefficient (Wildman–Crippen LogP) is 1.55. The molecule has 2 amide bonds. The third kappa shape index (κ3) is 4.20. The summed E-state index contributed by atoms with van der Waals surface area (Å²) in [6.07, 6.45) is 0. The highest BCUT2D eigenvalue weighted by atomic mass is 35.5. The Kier molecular flexibility index (Phi) is 4.59. The second-order valence-corrected chi connectivity index (χ2v) is 3.48. The van der Waals surface area contributed by atoms with Crippen molar-refractivity contribution in [3.8, 4) is 5.75 Å². The lowest BCUT2D eigenvalue weighted by Crippen LogP contribution is -2.33. The number of hydrogen-bond donors (Lipinski definition) is 3. The number of urea groups is 1. The zero-order valence-electron chi connectivity index (χ0n) is 8.99. The molecule has 0 aromatic heterocycles. The van der Waals surface area contributed by atoms with E-state index in [1.165, 1.54) is 13.2 Å². The minimum atomic E-state index is -1.13. The molecule has 1 rings (SSSR count). The molecule has 0 aliphatic carbocycles. The summed E-state index contributed by atoms with van der Waals surface area (Å²) in [5.41, 5.74) is 0.364. The maximum absolute atomic E-state index is 11.3. The van der Waals surface area contributed by atoms with Gasteiger partial charge < -0.3 is 20.5 Å². The van der Waals surface area contributed by atoms with E-state index in [0.29, 0.717) is 16.5 Å². The van der Waals surface area contributed by atoms with Gasteiger partial charge in [0.2, 0.25) is 0 Å². The summed E-state index contributed by atoms with van der Waals surface area (Å²) in [5, 5.41) is 13.4. The first kappa shape index (κ1) is 13.1. The van der Waals surface area contributed by atoms with Gasteiger partial charge in [0.05, 0.1) is 12.8 Å². The van der Waals surface area contributed by atoms with Crippen molar-refractivity contribution in [3.63, 3.8) is 0 Å². The van der Waals surface area contributed by atoms with Gasteiger partial charge in [-0.05, 0) is 18.2 Å². The summed E-state index contributed by atoms with van der Waals surface area (Å²) in [5.74, 6) is -0.696. The fourth-order valence-corrected chi connectivity index (χ4v) is 1.27. The average molecular weight is 259 g/mol. The molecular weight excluding hydrogens is 248 g/mol. The van der Waals surface area contributed by atoms with Crippen LogP contribution >= 0.6 is 11.6 Å². The normalized spacial score (nSPS) is 9.53. The lowest BCUT2D eigenvalue weighted by Gasteiger charge is -2.10. The minimum absolute atomic E-state index is 0.364. The van der Waals surface area contributed by atoms with E-state index in [1.807, 2.05) is 0 Å². The van der Waals surface area contributed by atoms with Crippen LogP contribution in [-0.4, -0.2) is 30.8 Å². The summed E-state index contributed by atoms with van der Waals surface area (Å²) in [4.78, 5) is 21.6. The zero-order valence-corrected chi connectivity index (χ0v) is 9.75. The van der Waals surface area contributed by atoms with Crippen LogP contribution in [0, 0.1) is 0 Å². The molecule has 0 heterocycles. The molecule has 0 fully saturated rings. The van der Waals surface area contributed by atoms with Gasteiger partial charge in [0.15, 0.2) is 0 Å². The number of hydrogen-bond acceptors (Lipinski definition) is 3. The first-order valence-electron chi connectivity index (χ1n) is 4.63. The van der Waals surface area contributed by atoms with Crippen LogP contribution in [0.4, 0.5) is 10.5 Å². The molecule has 0 unspecified atom stereocenters. The van der Waals surface area contributed by atoms with E-state index in [4.69, 9.17) is 21.4 Å². The number of halogens is 1. The Morgan fingerprint density at radius 2 is 2.18 bits per heavy atom. The van der Waals surface area contributed by atoms with Gasteiger partial charge in [-0.3, -0.25) is 4.79 Å². The van der Waals surface area contributed by atoms with Gasteiger partial charge in [0.25, 0.3) is 0 Å². The largest absolute Gasteiger partial charge is 0.495 e. The average Bonchev–Trinajstić information content (AvgIpc) is 2.27. The van der Waals surface area contributed by atoms with E-state index in [1.54, 1.807) is 12.1 Å². The number of ether oxygens (including phenoxy) is 1. The quantitative estimate of drug-likeness (QED) is 0.765. The third-order valence-corrected chi connectivity index (χ3v) is 2.04. The van der Waals surface area contributed by atoms with E-state index in [2.05, 4.69) is 10.6 Å². The topological polar surface area (TPSA) is 87.7 Å². The van der Waals surface area contributed by atoms with Gasteiger partial charge in [0.1, 0.15) is 12.3 Å². The molecule has 1 aromatic rings. The number of amides is 2. The summed E-state index contributed by atoms with van der Waals surface area (Å²) in [6, 6.07) is 4.06. The van der Waals surface area contributed by atoms with Crippen molar-refractivity contribution in [1.29, 1.82) is 0 Å². The van der Waals surface area contributed by atoms with Crippen LogP contribution in [0.3, 0.4) is 0 Å². The van der Waals surface area contributed by atoms with Crippen LogP contribution in [0.1, 0.15) is 0 Å². The fraction of sp³-hybridized carbons (Fsp3) is 0.200. The fourth-order valence-electron chi connectivity index (χ4n) is 1.10. The Hall–Kier alpha value is -1.95. The van der Waals surface area contributed by atoms with Crippen molar-refractivity contribution < 1.29 is 19.4 Å². The summed E-state index contributed by atoms with van der Waals surface area (Å²) in [6.45, 7) is -0.464. The molecule has 0 atom stereocenters. The summed E-state index contributed by atoms with van der Waals surface area (Å²) < 4.78 is 5.01. The van der Waals surface area contributed by atoms with Crippen LogP contribution < -0.4 is 15.4 Å². The molecule has 0 saturated carbocycles. The number of rotatable bonds is 4. The number of carbonyl (C=O) groups is 2. The number of carboxylic acids is 1. The van der Waals surface area contributed by atoms with Gasteiger partial charge in [0, 0.05) is 5.02 Å². The molecule has 1 aromatic carbocycles. The molecule has 0 saturated heterocycles. The van der Waals surface area contributed by atoms with Gasteiger partial charge >= 0.3 is 12.0 Å². The second-order valence-electron chi connectivity index (χ2n) is 3.05. The highest BCUT2D eigenvalue weighted by molar-refractivity contribution is 6.31. The molecule has 6 nitrogen and oxygen atoms in total. The Balaban J connectivity index is 2.69. The molecular formula is C10H11ClN2O4. The van der Waals surface area contributed by atoms with E-state index in [9.17, 15) is 9.59 Å². The number of nitrogens with one attached hydrogen (secondary N) is 2. The Labute approximate surface area is 103 Å². The zero-order chi connectivity index (χ0) is 12.8. The highest BCUT2D eigenvalue weighted by Crippen LogP contribution is 2.27. The summed E-state index contributed by atoms with van der Waals surface area (Å²) in [7, 11) is 1.45. The first-order chi connectivity index (χ1) is 8.02. The van der Waals surface area contributed by atoms with Crippen molar-refractivity contribution >= 4 is 29.3 Å². The van der Waals surface area contributed by atoms with Gasteiger partial charge in [-0.2, -0.15) is 0 Å². The van der Waals surface area contributed by atoms with E-state index >= 15 is 0 Å². The van der Waals surface area contributed by atoms with Crippen molar-refractivity contribution in [1.82, 2.24) is 5.32 Å². The molecule has 17 heavy (non-hydrogen) atoms. The molecule has 0 aliphatic rings. The predicted molar refractivity (Wildman–Crippen MR) is 62.7 cm³/mol. The first-order valence-corrected chi connectivity index (χ1v) is 5.01. The number of carbonyl (C=O) groups excluding carboxylic acids is 1. The molecule has 7 heteroatoms. The smallest absolute Gasteiger partial charge is 0.323 e. The van der Waals surface area contributed by atoms with Crippen LogP contribution in [-0.2, 0) is 4.79 Å². The molecule has 0 bridgehead atoms. The standard InChI is InChI=1S/C10H11ClN2O4/c1-17-8-3-2-6(11)4-7(8)13-10(16)12-5-9(14)15/h2-4H,5H2,1H3,(H,14,15)(H2,12,13,16). The molecule has 3 N–H and O–H groups in total. The van der Waals surface area contributed by atoms with Crippen molar-refractivity contribution in [2.24, 2.45) is 0 Å². The maximum atomic E-state index is 11.3. The Morgan fingerprint density at radius 3 is 2.76 bits per heavy atom. The second kappa shape index (κ2) is 5.95. The lowest BCUT2D eigenvalue weighted by atomic mass is 10.3. The van der Waals surface area contributed by atoms with Gasteiger partial charge in [-0.15, -0.1) is 0 Å². The van der Waals surface area contributed by atoms with Gasteiger partial charge in [-0.25, -0.2) is 4.79 Å². The molecule has 0 aliphatic heterocycles. The van der Waals surface area contributed by atoms with E-state index in [0.717, 1.165) is 0 Å². The van der Waals surface area contributed by atoms with Crippen LogP contribution in [0.5, 0.6) is 5.75 Å². The molecule has 0 spiro atoms. The van der Waals surface area contributed by atoms with Crippen molar-refractivity contribution in [3.05, 3.63) is 23.2 Å². The number of benzene rings is 1. The highest BCUT2D eigenvalue weighted by Gasteiger charge is 2.08. The van der Waals surface area contributed by atoms with Crippen LogP contribution in [0.25, 0.3) is 0 Å². The van der Waals surface area contributed by atoms with Crippen LogP contribution in [0.15, 0.2) is 18.2 Å². The van der Waals surface area contributed by atoms with Crippen LogP contribution in [0.2, 0.25) is 5.02 Å². The third-order valence-electron chi connectivity index (χ3n) is 1.81. The van der Waals surface area contributed by atoms with E-state index in [-0.39, 0.29) is 0 Å². The number of methoxy groups -OCH3 is 1. The lowest BCUT2D eigenvalue weighted by molar-refractivity contribution is -0.135.